The molecule has 0 radical (unpaired) electrons. The van der Waals surface area contributed by atoms with Gasteiger partial charge in [0.15, 0.2) is 0 Å². The van der Waals surface area contributed by atoms with Gasteiger partial charge in [0.2, 0.25) is 0 Å². The second-order valence-corrected chi connectivity index (χ2v) is 4.59. The third-order valence-electron chi connectivity index (χ3n) is 2.60. The molecule has 76 valence electrons. The average molecular weight is 257 g/mol. The largest absolute Gasteiger partial charge is 0.388 e. The van der Waals surface area contributed by atoms with Gasteiger partial charge >= 0.3 is 0 Å². The number of pyridine rings is 1. The second kappa shape index (κ2) is 3.87. The third-order valence-corrected chi connectivity index (χ3v) is 3.04. The van der Waals surface area contributed by atoms with E-state index in [1.807, 2.05) is 18.2 Å². The fourth-order valence-electron chi connectivity index (χ4n) is 1.52. The van der Waals surface area contributed by atoms with Crippen molar-refractivity contribution >= 4 is 21.7 Å². The Morgan fingerprint density at radius 3 is 2.86 bits per heavy atom. The Balaban J connectivity index is 1.91. The summed E-state index contributed by atoms with van der Waals surface area (Å²) in [5.74, 6) is 0.805. The number of nitrogens with one attached hydrogen (secondary N) is 1. The summed E-state index contributed by atoms with van der Waals surface area (Å²) >= 11 is 3.30. The summed E-state index contributed by atoms with van der Waals surface area (Å²) in [6.07, 6.45) is 2.92. The van der Waals surface area contributed by atoms with E-state index in [0.29, 0.717) is 6.54 Å². The molecule has 14 heavy (non-hydrogen) atoms. The molecule has 0 amide bonds. The molecule has 4 heteroatoms. The maximum absolute atomic E-state index is 9.84. The number of hydrogen-bond donors (Lipinski definition) is 2. The van der Waals surface area contributed by atoms with E-state index in [4.69, 9.17) is 0 Å². The topological polar surface area (TPSA) is 45.1 Å². The first kappa shape index (κ1) is 9.93. The van der Waals surface area contributed by atoms with Crippen LogP contribution in [0.1, 0.15) is 19.3 Å². The number of aliphatic hydroxyl groups is 1. The predicted octanol–water partition coefficient (Wildman–Crippen LogP) is 2.17. The summed E-state index contributed by atoms with van der Waals surface area (Å²) in [5.41, 5.74) is -0.496. The highest BCUT2D eigenvalue weighted by Gasteiger charge is 2.33. The molecule has 0 aliphatic heterocycles. The maximum Gasteiger partial charge on any atom is 0.127 e. The van der Waals surface area contributed by atoms with E-state index >= 15 is 0 Å². The van der Waals surface area contributed by atoms with Crippen LogP contribution >= 0.6 is 15.9 Å². The van der Waals surface area contributed by atoms with Crippen molar-refractivity contribution in [3.05, 3.63) is 22.8 Å². The van der Waals surface area contributed by atoms with Crippen LogP contribution in [0.25, 0.3) is 0 Å². The van der Waals surface area contributed by atoms with E-state index in [1.54, 1.807) is 0 Å². The smallest absolute Gasteiger partial charge is 0.127 e. The Kier molecular flexibility index (Phi) is 2.74. The van der Waals surface area contributed by atoms with Crippen LogP contribution < -0.4 is 5.32 Å². The summed E-state index contributed by atoms with van der Waals surface area (Å²) < 4.78 is 0.808. The molecule has 1 heterocycles. The summed E-state index contributed by atoms with van der Waals surface area (Å²) in [5, 5.41) is 13.0. The molecule has 3 nitrogen and oxygen atoms in total. The zero-order chi connectivity index (χ0) is 10.0. The average Bonchev–Trinajstić information content (AvgIpc) is 2.12. The van der Waals surface area contributed by atoms with Crippen molar-refractivity contribution < 1.29 is 5.11 Å². The highest BCUT2D eigenvalue weighted by Crippen LogP contribution is 2.31. The van der Waals surface area contributed by atoms with Gasteiger partial charge in [-0.25, -0.2) is 4.98 Å². The number of aromatic nitrogens is 1. The predicted molar refractivity (Wildman–Crippen MR) is 59.2 cm³/mol. The normalized spacial score (nSPS) is 18.7. The molecule has 0 aromatic carbocycles. The quantitative estimate of drug-likeness (QED) is 0.816. The van der Waals surface area contributed by atoms with Crippen molar-refractivity contribution in [2.24, 2.45) is 0 Å². The van der Waals surface area contributed by atoms with E-state index in [0.717, 1.165) is 29.7 Å². The maximum atomic E-state index is 9.84. The summed E-state index contributed by atoms with van der Waals surface area (Å²) in [6, 6.07) is 5.69. The molecule has 0 spiro atoms. The van der Waals surface area contributed by atoms with E-state index in [9.17, 15) is 5.11 Å². The highest BCUT2D eigenvalue weighted by atomic mass is 79.9. The number of rotatable bonds is 3. The first-order chi connectivity index (χ1) is 6.68. The zero-order valence-corrected chi connectivity index (χ0v) is 9.42. The van der Waals surface area contributed by atoms with Crippen LogP contribution in [-0.2, 0) is 0 Å². The molecule has 0 saturated heterocycles. The standard InChI is InChI=1S/C10H13BrN2O/c11-8-3-1-4-9(13-8)12-7-10(14)5-2-6-10/h1,3-4,14H,2,5-7H2,(H,12,13). The number of hydrogen-bond acceptors (Lipinski definition) is 3. The molecule has 0 bridgehead atoms. The van der Waals surface area contributed by atoms with Gasteiger partial charge in [-0.1, -0.05) is 6.07 Å². The van der Waals surface area contributed by atoms with Crippen LogP contribution in [0.5, 0.6) is 0 Å². The van der Waals surface area contributed by atoms with Crippen LogP contribution in [0.15, 0.2) is 22.8 Å². The fraction of sp³-hybridized carbons (Fsp3) is 0.500. The minimum atomic E-state index is -0.496. The molecule has 0 atom stereocenters. The first-order valence-electron chi connectivity index (χ1n) is 4.77. The van der Waals surface area contributed by atoms with Crippen molar-refractivity contribution in [3.8, 4) is 0 Å². The van der Waals surface area contributed by atoms with Crippen molar-refractivity contribution in [1.82, 2.24) is 4.98 Å². The van der Waals surface area contributed by atoms with Gasteiger partial charge in [-0.05, 0) is 47.3 Å². The van der Waals surface area contributed by atoms with Crippen LogP contribution in [-0.4, -0.2) is 22.2 Å². The fourth-order valence-corrected chi connectivity index (χ4v) is 1.87. The number of halogens is 1. The third kappa shape index (κ3) is 2.25. The van der Waals surface area contributed by atoms with Crippen molar-refractivity contribution in [3.63, 3.8) is 0 Å². The molecule has 1 saturated carbocycles. The van der Waals surface area contributed by atoms with Crippen molar-refractivity contribution in [2.45, 2.75) is 24.9 Å². The molecule has 0 unspecified atom stereocenters. The Morgan fingerprint density at radius 1 is 1.50 bits per heavy atom. The molecule has 2 rings (SSSR count). The number of nitrogens with zero attached hydrogens (tertiary/aromatic N) is 1. The SMILES string of the molecule is OC1(CNc2cccc(Br)n2)CCC1. The van der Waals surface area contributed by atoms with Gasteiger partial charge in [0.05, 0.1) is 5.60 Å². The van der Waals surface area contributed by atoms with Crippen LogP contribution in [0.4, 0.5) is 5.82 Å². The lowest BCUT2D eigenvalue weighted by molar-refractivity contribution is -0.0202. The minimum absolute atomic E-state index is 0.496. The molecule has 2 N–H and O–H groups in total. The monoisotopic (exact) mass is 256 g/mol. The first-order valence-corrected chi connectivity index (χ1v) is 5.56. The summed E-state index contributed by atoms with van der Waals surface area (Å²) in [4.78, 5) is 4.23. The lowest BCUT2D eigenvalue weighted by atomic mass is 9.80. The lowest BCUT2D eigenvalue weighted by Gasteiger charge is -2.36. The van der Waals surface area contributed by atoms with Gasteiger partial charge in [-0.2, -0.15) is 0 Å². The Labute approximate surface area is 91.7 Å². The molecule has 1 aromatic heterocycles. The minimum Gasteiger partial charge on any atom is -0.388 e. The van der Waals surface area contributed by atoms with E-state index in [-0.39, 0.29) is 0 Å². The zero-order valence-electron chi connectivity index (χ0n) is 7.83. The Morgan fingerprint density at radius 2 is 2.29 bits per heavy atom. The second-order valence-electron chi connectivity index (χ2n) is 3.78. The summed E-state index contributed by atoms with van der Waals surface area (Å²) in [7, 11) is 0. The highest BCUT2D eigenvalue weighted by molar-refractivity contribution is 9.10. The van der Waals surface area contributed by atoms with Gasteiger partial charge in [-0.15, -0.1) is 0 Å². The van der Waals surface area contributed by atoms with Crippen LogP contribution in [0, 0.1) is 0 Å². The molecular formula is C10H13BrN2O. The van der Waals surface area contributed by atoms with Gasteiger partial charge < -0.3 is 10.4 Å². The van der Waals surface area contributed by atoms with E-state index in [1.165, 1.54) is 0 Å². The molecule has 1 aliphatic rings. The van der Waals surface area contributed by atoms with Crippen molar-refractivity contribution in [2.75, 3.05) is 11.9 Å². The number of anilines is 1. The molecular weight excluding hydrogens is 244 g/mol. The van der Waals surface area contributed by atoms with Gasteiger partial charge in [0, 0.05) is 6.54 Å². The molecule has 1 fully saturated rings. The van der Waals surface area contributed by atoms with Gasteiger partial charge in [0.1, 0.15) is 10.4 Å². The Hall–Kier alpha value is -0.610. The summed E-state index contributed by atoms with van der Waals surface area (Å²) in [6.45, 7) is 0.594. The molecule has 1 aliphatic carbocycles. The van der Waals surface area contributed by atoms with E-state index < -0.39 is 5.60 Å². The van der Waals surface area contributed by atoms with Gasteiger partial charge in [0.25, 0.3) is 0 Å². The Bertz CT molecular complexity index is 326. The van der Waals surface area contributed by atoms with Crippen LogP contribution in [0.2, 0.25) is 0 Å². The lowest BCUT2D eigenvalue weighted by Crippen LogP contribution is -2.43. The van der Waals surface area contributed by atoms with E-state index in [2.05, 4.69) is 26.2 Å². The van der Waals surface area contributed by atoms with Crippen LogP contribution in [0.3, 0.4) is 0 Å². The van der Waals surface area contributed by atoms with Gasteiger partial charge in [-0.3, -0.25) is 0 Å². The van der Waals surface area contributed by atoms with Crippen molar-refractivity contribution in [1.29, 1.82) is 0 Å². The molecule has 1 aromatic rings.